The maximum atomic E-state index is 10.0. The zero-order valence-electron chi connectivity index (χ0n) is 21.5. The molecule has 2 N–H and O–H groups in total. The van der Waals surface area contributed by atoms with Crippen molar-refractivity contribution in [1.29, 1.82) is 0 Å². The van der Waals surface area contributed by atoms with Gasteiger partial charge in [0.25, 0.3) is 0 Å². The Morgan fingerprint density at radius 1 is 0.606 bits per heavy atom. The topological polar surface area (TPSA) is 40.5 Å². The highest BCUT2D eigenvalue weighted by molar-refractivity contribution is 8.67. The van der Waals surface area contributed by atoms with Crippen molar-refractivity contribution in [1.82, 2.24) is 0 Å². The van der Waals surface area contributed by atoms with Gasteiger partial charge in [-0.05, 0) is 60.0 Å². The summed E-state index contributed by atoms with van der Waals surface area (Å²) in [5, 5.41) is 0. The second kappa shape index (κ2) is 20.3. The van der Waals surface area contributed by atoms with Gasteiger partial charge in [0.05, 0.1) is 0 Å². The van der Waals surface area contributed by atoms with E-state index in [0.29, 0.717) is 0 Å². The van der Waals surface area contributed by atoms with Crippen LogP contribution in [0.1, 0.15) is 141 Å². The molecule has 5 heteroatoms. The predicted octanol–water partition coefficient (Wildman–Crippen LogP) is 10.1. The molecule has 192 valence electrons. The zero-order chi connectivity index (χ0) is 24.2. The van der Waals surface area contributed by atoms with Crippen LogP contribution in [-0.4, -0.2) is 9.79 Å². The van der Waals surface area contributed by atoms with Crippen LogP contribution in [0.4, 0.5) is 0 Å². The van der Waals surface area contributed by atoms with Gasteiger partial charge in [-0.25, -0.2) is 0 Å². The summed E-state index contributed by atoms with van der Waals surface area (Å²) in [5.41, 5.74) is -0.802. The highest BCUT2D eigenvalue weighted by Crippen LogP contribution is 2.56. The Morgan fingerprint density at radius 2 is 0.939 bits per heavy atom. The minimum absolute atomic E-state index is 1.01. The van der Waals surface area contributed by atoms with Crippen LogP contribution in [0.3, 0.4) is 0 Å². The molecule has 0 bridgehead atoms. The summed E-state index contributed by atoms with van der Waals surface area (Å²) in [6.45, 7) is 4.53. The van der Waals surface area contributed by atoms with Crippen molar-refractivity contribution < 1.29 is 9.79 Å². The molecule has 0 atom stereocenters. The predicted molar refractivity (Wildman–Crippen MR) is 153 cm³/mol. The lowest BCUT2D eigenvalue weighted by molar-refractivity contribution is 0.502. The van der Waals surface area contributed by atoms with Gasteiger partial charge in [-0.3, -0.25) is 0 Å². The molecule has 0 aliphatic heterocycles. The van der Waals surface area contributed by atoms with Crippen molar-refractivity contribution in [2.45, 2.75) is 147 Å². The summed E-state index contributed by atoms with van der Waals surface area (Å²) in [4.78, 5) is 21.1. The molecule has 0 spiro atoms. The Balaban J connectivity index is 2.43. The molecule has 0 aromatic heterocycles. The molecule has 0 amide bonds. The Bertz CT molecular complexity index is 605. The van der Waals surface area contributed by atoms with E-state index in [-0.39, 0.29) is 0 Å². The van der Waals surface area contributed by atoms with Crippen LogP contribution in [0, 0.1) is 0 Å². The summed E-state index contributed by atoms with van der Waals surface area (Å²) in [5.74, 6) is 0. The molecule has 1 aromatic carbocycles. The number of hydrogen-bond acceptors (Lipinski definition) is 2. The van der Waals surface area contributed by atoms with Crippen molar-refractivity contribution in [3.63, 3.8) is 0 Å². The molecule has 1 rings (SSSR count). The van der Waals surface area contributed by atoms with Crippen molar-refractivity contribution in [2.75, 3.05) is 0 Å². The zero-order valence-corrected chi connectivity index (χ0v) is 24.1. The summed E-state index contributed by atoms with van der Waals surface area (Å²) in [7, 11) is 0. The van der Waals surface area contributed by atoms with E-state index in [1.807, 2.05) is 0 Å². The highest BCUT2D eigenvalue weighted by atomic mass is 32.9. The van der Waals surface area contributed by atoms with Gasteiger partial charge >= 0.3 is 0 Å². The normalized spacial score (nSPS) is 11.9. The monoisotopic (exact) mass is 514 g/mol. The molecular formula is C28H51O2PS2. The minimum atomic E-state index is -3.32. The van der Waals surface area contributed by atoms with E-state index < -0.39 is 5.69 Å². The molecule has 0 saturated heterocycles. The standard InChI is InChI=1S/C28H51O2PS2/c1-3-5-7-9-11-13-15-17-19-22-26-24-21-25-27(28(26)33-31(29,30)32)23-20-18-16-14-12-10-8-6-4-2/h21,24-25H,3-20,22-23H2,1-2H3,(H2,29,30,32). The molecule has 33 heavy (non-hydrogen) atoms. The first-order chi connectivity index (χ1) is 16.0. The number of unbranched alkanes of at least 4 members (excludes halogenated alkanes) is 16. The average molecular weight is 515 g/mol. The summed E-state index contributed by atoms with van der Waals surface area (Å²) in [6, 6.07) is 6.48. The Kier molecular flexibility index (Phi) is 19.2. The molecule has 1 aromatic rings. The van der Waals surface area contributed by atoms with Crippen LogP contribution in [0.15, 0.2) is 23.1 Å². The molecule has 0 heterocycles. The molecule has 0 unspecified atom stereocenters. The van der Waals surface area contributed by atoms with Crippen LogP contribution in [0.2, 0.25) is 0 Å². The number of aryl methyl sites for hydroxylation is 2. The third kappa shape index (κ3) is 17.3. The summed E-state index contributed by atoms with van der Waals surface area (Å²) >= 11 is 6.15. The minimum Gasteiger partial charge on any atom is -0.337 e. The van der Waals surface area contributed by atoms with E-state index in [0.717, 1.165) is 29.1 Å². The quantitative estimate of drug-likeness (QED) is 0.119. The van der Waals surface area contributed by atoms with Gasteiger partial charge in [0.15, 0.2) is 0 Å². The molecule has 0 aliphatic rings. The lowest BCUT2D eigenvalue weighted by Gasteiger charge is -2.16. The summed E-state index contributed by atoms with van der Waals surface area (Å²) in [6.07, 6.45) is 25.8. The fourth-order valence-electron chi connectivity index (χ4n) is 4.52. The fourth-order valence-corrected chi connectivity index (χ4v) is 7.42. The smallest absolute Gasteiger partial charge is 0.246 e. The molecule has 0 aliphatic carbocycles. The van der Waals surface area contributed by atoms with Gasteiger partial charge in [0.2, 0.25) is 5.69 Å². The van der Waals surface area contributed by atoms with Crippen molar-refractivity contribution in [3.05, 3.63) is 29.3 Å². The number of rotatable bonds is 22. The Morgan fingerprint density at radius 3 is 1.27 bits per heavy atom. The van der Waals surface area contributed by atoms with E-state index in [1.165, 1.54) is 127 Å². The molecular weight excluding hydrogens is 463 g/mol. The first-order valence-electron chi connectivity index (χ1n) is 13.8. The Hall–Kier alpha value is 0.140. The second-order valence-corrected chi connectivity index (χ2v) is 15.5. The van der Waals surface area contributed by atoms with Gasteiger partial charge in [-0.15, -0.1) is 0 Å². The SMILES string of the molecule is CCCCCCCCCCCc1cccc(CCCCCCCCCCC)c1SP(O)(O)=S. The van der Waals surface area contributed by atoms with Gasteiger partial charge in [-0.2, -0.15) is 0 Å². The number of benzene rings is 1. The maximum Gasteiger partial charge on any atom is 0.246 e. The maximum absolute atomic E-state index is 10.0. The molecule has 0 saturated carbocycles. The van der Waals surface area contributed by atoms with Crippen LogP contribution < -0.4 is 0 Å². The highest BCUT2D eigenvalue weighted by Gasteiger charge is 2.17. The second-order valence-electron chi connectivity index (χ2n) is 9.64. The lowest BCUT2D eigenvalue weighted by atomic mass is 9.99. The van der Waals surface area contributed by atoms with Gasteiger partial charge in [0.1, 0.15) is 0 Å². The van der Waals surface area contributed by atoms with E-state index >= 15 is 0 Å². The third-order valence-corrected chi connectivity index (χ3v) is 9.36. The van der Waals surface area contributed by atoms with E-state index in [2.05, 4.69) is 32.0 Å². The van der Waals surface area contributed by atoms with Crippen molar-refractivity contribution in [3.8, 4) is 0 Å². The van der Waals surface area contributed by atoms with Crippen molar-refractivity contribution in [2.24, 2.45) is 0 Å². The number of hydrogen-bond donors (Lipinski definition) is 2. The van der Waals surface area contributed by atoms with Crippen LogP contribution in [0.5, 0.6) is 0 Å². The molecule has 2 nitrogen and oxygen atoms in total. The van der Waals surface area contributed by atoms with Gasteiger partial charge < -0.3 is 9.79 Å². The van der Waals surface area contributed by atoms with Gasteiger partial charge in [-0.1, -0.05) is 135 Å². The third-order valence-electron chi connectivity index (χ3n) is 6.49. The van der Waals surface area contributed by atoms with E-state index in [4.69, 9.17) is 11.8 Å². The fraction of sp³-hybridized carbons (Fsp3) is 0.786. The van der Waals surface area contributed by atoms with E-state index in [1.54, 1.807) is 0 Å². The lowest BCUT2D eigenvalue weighted by Crippen LogP contribution is -1.96. The summed E-state index contributed by atoms with van der Waals surface area (Å²) < 4.78 is 0. The van der Waals surface area contributed by atoms with Gasteiger partial charge in [0, 0.05) is 4.90 Å². The van der Waals surface area contributed by atoms with Crippen LogP contribution >= 0.6 is 17.1 Å². The van der Waals surface area contributed by atoms with Crippen LogP contribution in [-0.2, 0) is 24.6 Å². The first-order valence-corrected chi connectivity index (χ1v) is 18.0. The Labute approximate surface area is 214 Å². The molecule has 0 radical (unpaired) electrons. The van der Waals surface area contributed by atoms with Crippen LogP contribution in [0.25, 0.3) is 0 Å². The average Bonchev–Trinajstić information content (AvgIpc) is 2.77. The first kappa shape index (κ1) is 31.2. The largest absolute Gasteiger partial charge is 0.337 e. The van der Waals surface area contributed by atoms with Crippen molar-refractivity contribution >= 4 is 28.9 Å². The van der Waals surface area contributed by atoms with E-state index in [9.17, 15) is 9.79 Å². The molecule has 0 fully saturated rings.